The van der Waals surface area contributed by atoms with E-state index in [0.717, 1.165) is 23.4 Å². The summed E-state index contributed by atoms with van der Waals surface area (Å²) in [6, 6.07) is 0. The Labute approximate surface area is 98.1 Å². The molecule has 1 aliphatic rings. The van der Waals surface area contributed by atoms with Crippen LogP contribution >= 0.6 is 11.8 Å². The highest BCUT2D eigenvalue weighted by molar-refractivity contribution is 8.00. The van der Waals surface area contributed by atoms with Crippen LogP contribution in [0.25, 0.3) is 0 Å². The first kappa shape index (κ1) is 12.9. The maximum atomic E-state index is 5.87. The van der Waals surface area contributed by atoms with E-state index >= 15 is 0 Å². The Kier molecular flexibility index (Phi) is 6.15. The van der Waals surface area contributed by atoms with Crippen LogP contribution in [0, 0.1) is 5.92 Å². The number of hydrogen-bond acceptors (Lipinski definition) is 2. The number of hydrogen-bond donors (Lipinski definition) is 1. The zero-order chi connectivity index (χ0) is 11.1. The van der Waals surface area contributed by atoms with Gasteiger partial charge in [-0.1, -0.05) is 33.1 Å². The second-order valence-corrected chi connectivity index (χ2v) is 6.09. The third-order valence-corrected chi connectivity index (χ3v) is 4.08. The average molecular weight is 228 g/mol. The second kappa shape index (κ2) is 7.15. The molecule has 0 unspecified atom stereocenters. The van der Waals surface area contributed by atoms with Gasteiger partial charge in [0, 0.05) is 11.8 Å². The van der Waals surface area contributed by atoms with Crippen LogP contribution in [0.4, 0.5) is 0 Å². The first-order valence-corrected chi connectivity index (χ1v) is 7.13. The fourth-order valence-electron chi connectivity index (χ4n) is 1.78. The van der Waals surface area contributed by atoms with Crippen molar-refractivity contribution >= 4 is 17.6 Å². The van der Waals surface area contributed by atoms with Crippen LogP contribution in [0.3, 0.4) is 0 Å². The number of nitrogens with two attached hydrogens (primary N) is 1. The molecule has 0 aromatic carbocycles. The molecule has 2 N–H and O–H groups in total. The summed E-state index contributed by atoms with van der Waals surface area (Å²) in [5.74, 6) is 2.37. The molecular formula is C12H24N2S. The van der Waals surface area contributed by atoms with E-state index in [1.54, 1.807) is 0 Å². The SMILES string of the molecule is CC(C)CN=C(N)CSC1CCCCC1. The Balaban J connectivity index is 2.14. The first-order valence-electron chi connectivity index (χ1n) is 6.09. The van der Waals surface area contributed by atoms with Crippen LogP contribution in [-0.2, 0) is 0 Å². The molecule has 88 valence electrons. The highest BCUT2D eigenvalue weighted by atomic mass is 32.2. The number of nitrogens with zero attached hydrogens (tertiary/aromatic N) is 1. The fraction of sp³-hybridized carbons (Fsp3) is 0.917. The summed E-state index contributed by atoms with van der Waals surface area (Å²) in [4.78, 5) is 4.38. The smallest absolute Gasteiger partial charge is 0.104 e. The third kappa shape index (κ3) is 6.08. The predicted octanol–water partition coefficient (Wildman–Crippen LogP) is 3.07. The van der Waals surface area contributed by atoms with E-state index in [2.05, 4.69) is 18.8 Å². The van der Waals surface area contributed by atoms with Crippen molar-refractivity contribution in [1.82, 2.24) is 0 Å². The number of rotatable bonds is 5. The van der Waals surface area contributed by atoms with E-state index in [-0.39, 0.29) is 0 Å². The maximum Gasteiger partial charge on any atom is 0.104 e. The molecule has 0 saturated heterocycles. The van der Waals surface area contributed by atoms with Gasteiger partial charge >= 0.3 is 0 Å². The topological polar surface area (TPSA) is 38.4 Å². The molecule has 0 bridgehead atoms. The first-order chi connectivity index (χ1) is 7.18. The molecule has 0 amide bonds. The lowest BCUT2D eigenvalue weighted by Crippen LogP contribution is -2.19. The predicted molar refractivity (Wildman–Crippen MR) is 70.7 cm³/mol. The number of aliphatic imine (C=N–C) groups is 1. The molecule has 0 atom stereocenters. The molecular weight excluding hydrogens is 204 g/mol. The molecule has 3 heteroatoms. The minimum atomic E-state index is 0.614. The molecule has 0 radical (unpaired) electrons. The van der Waals surface area contributed by atoms with Crippen LogP contribution in [0.15, 0.2) is 4.99 Å². The minimum Gasteiger partial charge on any atom is -0.387 e. The van der Waals surface area contributed by atoms with Gasteiger partial charge in [0.25, 0.3) is 0 Å². The average Bonchev–Trinajstić information content (AvgIpc) is 2.25. The molecule has 0 aliphatic heterocycles. The largest absolute Gasteiger partial charge is 0.387 e. The van der Waals surface area contributed by atoms with Crippen molar-refractivity contribution < 1.29 is 0 Å². The molecule has 0 aromatic heterocycles. The lowest BCUT2D eigenvalue weighted by Gasteiger charge is -2.20. The Bertz CT molecular complexity index is 196. The van der Waals surface area contributed by atoms with Crippen molar-refractivity contribution in [1.29, 1.82) is 0 Å². The third-order valence-electron chi connectivity index (χ3n) is 2.68. The van der Waals surface area contributed by atoms with E-state index in [0.29, 0.717) is 5.92 Å². The quantitative estimate of drug-likeness (QED) is 0.580. The Morgan fingerprint density at radius 1 is 1.33 bits per heavy atom. The fourth-order valence-corrected chi connectivity index (χ4v) is 2.94. The summed E-state index contributed by atoms with van der Waals surface area (Å²) in [5, 5.41) is 0.839. The van der Waals surface area contributed by atoms with Crippen molar-refractivity contribution in [3.8, 4) is 0 Å². The molecule has 0 heterocycles. The lowest BCUT2D eigenvalue weighted by atomic mass is 10.0. The molecule has 0 aromatic rings. The van der Waals surface area contributed by atoms with Crippen LogP contribution in [0.2, 0.25) is 0 Å². The summed E-state index contributed by atoms with van der Waals surface area (Å²) in [6.07, 6.45) is 6.99. The summed E-state index contributed by atoms with van der Waals surface area (Å²) in [7, 11) is 0. The van der Waals surface area contributed by atoms with Gasteiger partial charge in [0.1, 0.15) is 5.84 Å². The van der Waals surface area contributed by atoms with E-state index < -0.39 is 0 Å². The Morgan fingerprint density at radius 3 is 2.60 bits per heavy atom. The number of thioether (sulfide) groups is 1. The van der Waals surface area contributed by atoms with E-state index in [1.165, 1.54) is 32.1 Å². The molecule has 1 rings (SSSR count). The standard InChI is InChI=1S/C12H24N2S/c1-10(2)8-14-12(13)9-15-11-6-4-3-5-7-11/h10-11H,3-9H2,1-2H3,(H2,13,14). The van der Waals surface area contributed by atoms with Crippen LogP contribution in [-0.4, -0.2) is 23.4 Å². The van der Waals surface area contributed by atoms with Gasteiger partial charge in [-0.3, -0.25) is 4.99 Å². The number of amidine groups is 1. The van der Waals surface area contributed by atoms with Gasteiger partial charge in [-0.25, -0.2) is 0 Å². The van der Waals surface area contributed by atoms with Crippen molar-refractivity contribution in [2.45, 2.75) is 51.2 Å². The Hall–Kier alpha value is -0.180. The normalized spacial score (nSPS) is 19.8. The molecule has 15 heavy (non-hydrogen) atoms. The summed E-state index contributed by atoms with van der Waals surface area (Å²) in [6.45, 7) is 5.22. The highest BCUT2D eigenvalue weighted by Crippen LogP contribution is 2.27. The summed E-state index contributed by atoms with van der Waals surface area (Å²) >= 11 is 2.00. The van der Waals surface area contributed by atoms with Gasteiger partial charge in [0.2, 0.25) is 0 Å². The summed E-state index contributed by atoms with van der Waals surface area (Å²) in [5.41, 5.74) is 5.87. The monoisotopic (exact) mass is 228 g/mol. The molecule has 1 aliphatic carbocycles. The van der Waals surface area contributed by atoms with Crippen molar-refractivity contribution in [3.63, 3.8) is 0 Å². The van der Waals surface area contributed by atoms with Gasteiger partial charge in [-0.15, -0.1) is 0 Å². The Morgan fingerprint density at radius 2 is 2.00 bits per heavy atom. The van der Waals surface area contributed by atoms with Gasteiger partial charge in [0.15, 0.2) is 0 Å². The molecule has 2 nitrogen and oxygen atoms in total. The zero-order valence-electron chi connectivity index (χ0n) is 10.0. The van der Waals surface area contributed by atoms with E-state index in [9.17, 15) is 0 Å². The lowest BCUT2D eigenvalue weighted by molar-refractivity contribution is 0.516. The van der Waals surface area contributed by atoms with Crippen molar-refractivity contribution in [3.05, 3.63) is 0 Å². The van der Waals surface area contributed by atoms with Crippen molar-refractivity contribution in [2.24, 2.45) is 16.6 Å². The van der Waals surface area contributed by atoms with Crippen LogP contribution in [0.1, 0.15) is 46.0 Å². The van der Waals surface area contributed by atoms with Crippen LogP contribution < -0.4 is 5.73 Å². The second-order valence-electron chi connectivity index (χ2n) is 4.80. The van der Waals surface area contributed by atoms with Gasteiger partial charge < -0.3 is 5.73 Å². The van der Waals surface area contributed by atoms with Crippen molar-refractivity contribution in [2.75, 3.05) is 12.3 Å². The zero-order valence-corrected chi connectivity index (χ0v) is 10.9. The molecule has 1 saturated carbocycles. The molecule has 1 fully saturated rings. The van der Waals surface area contributed by atoms with Gasteiger partial charge in [-0.05, 0) is 18.8 Å². The maximum absolute atomic E-state index is 5.87. The molecule has 0 spiro atoms. The van der Waals surface area contributed by atoms with Gasteiger partial charge in [-0.2, -0.15) is 11.8 Å². The van der Waals surface area contributed by atoms with Gasteiger partial charge in [0.05, 0.1) is 5.75 Å². The minimum absolute atomic E-state index is 0.614. The van der Waals surface area contributed by atoms with E-state index in [1.807, 2.05) is 11.8 Å². The van der Waals surface area contributed by atoms with E-state index in [4.69, 9.17) is 5.73 Å². The summed E-state index contributed by atoms with van der Waals surface area (Å²) < 4.78 is 0. The highest BCUT2D eigenvalue weighted by Gasteiger charge is 2.13. The van der Waals surface area contributed by atoms with Crippen LogP contribution in [0.5, 0.6) is 0 Å².